The Kier molecular flexibility index (Phi) is 4.46. The number of rotatable bonds is 5. The molecule has 0 aliphatic carbocycles. The standard InChI is InChI=1S/C8H9ClN4O3/c9-5-1-2-6(13-12-5)10-3-7(14)11-4-8(15)16/h1-2H,3-4H2,(H,10,13)(H,11,14)(H,15,16). The van der Waals surface area contributed by atoms with E-state index in [0.717, 1.165) is 0 Å². The van der Waals surface area contributed by atoms with Gasteiger partial charge in [-0.2, -0.15) is 0 Å². The number of nitrogens with one attached hydrogen (secondary N) is 2. The van der Waals surface area contributed by atoms with E-state index in [1.54, 1.807) is 6.07 Å². The van der Waals surface area contributed by atoms with Gasteiger partial charge < -0.3 is 15.7 Å². The van der Waals surface area contributed by atoms with Gasteiger partial charge in [0.1, 0.15) is 12.4 Å². The molecular formula is C8H9ClN4O3. The molecule has 0 aromatic carbocycles. The van der Waals surface area contributed by atoms with E-state index in [-0.39, 0.29) is 11.7 Å². The molecule has 1 aromatic heterocycles. The number of carbonyl (C=O) groups is 2. The van der Waals surface area contributed by atoms with Crippen molar-refractivity contribution in [2.45, 2.75) is 0 Å². The van der Waals surface area contributed by atoms with Crippen LogP contribution in [0.25, 0.3) is 0 Å². The summed E-state index contributed by atoms with van der Waals surface area (Å²) in [5, 5.41) is 20.6. The molecule has 0 aliphatic rings. The van der Waals surface area contributed by atoms with E-state index in [1.807, 2.05) is 0 Å². The first-order chi connectivity index (χ1) is 7.58. The van der Waals surface area contributed by atoms with E-state index in [1.165, 1.54) is 6.07 Å². The number of hydrogen-bond acceptors (Lipinski definition) is 5. The van der Waals surface area contributed by atoms with Crippen LogP contribution in [-0.2, 0) is 9.59 Å². The molecule has 86 valence electrons. The summed E-state index contributed by atoms with van der Waals surface area (Å²) in [5.74, 6) is -1.16. The van der Waals surface area contributed by atoms with Crippen LogP contribution < -0.4 is 10.6 Å². The maximum atomic E-state index is 11.1. The summed E-state index contributed by atoms with van der Waals surface area (Å²) < 4.78 is 0. The molecule has 0 aliphatic heterocycles. The van der Waals surface area contributed by atoms with Crippen molar-refractivity contribution < 1.29 is 14.7 Å². The number of carboxylic acids is 1. The van der Waals surface area contributed by atoms with Crippen LogP contribution in [0.5, 0.6) is 0 Å². The van der Waals surface area contributed by atoms with Crippen molar-refractivity contribution in [2.24, 2.45) is 0 Å². The molecule has 0 radical (unpaired) electrons. The minimum atomic E-state index is -1.10. The van der Waals surface area contributed by atoms with Gasteiger partial charge in [0.2, 0.25) is 5.91 Å². The van der Waals surface area contributed by atoms with Crippen LogP contribution in [0.3, 0.4) is 0 Å². The minimum absolute atomic E-state index is 0.0798. The van der Waals surface area contributed by atoms with Gasteiger partial charge in [0.25, 0.3) is 0 Å². The number of aromatic nitrogens is 2. The predicted octanol–water partition coefficient (Wildman–Crippen LogP) is -0.257. The zero-order chi connectivity index (χ0) is 12.0. The van der Waals surface area contributed by atoms with Gasteiger partial charge in [-0.1, -0.05) is 11.6 Å². The third-order valence-electron chi connectivity index (χ3n) is 1.50. The minimum Gasteiger partial charge on any atom is -0.480 e. The van der Waals surface area contributed by atoms with Crippen molar-refractivity contribution in [3.63, 3.8) is 0 Å². The first kappa shape index (κ1) is 12.2. The van der Waals surface area contributed by atoms with Gasteiger partial charge >= 0.3 is 5.97 Å². The monoisotopic (exact) mass is 244 g/mol. The molecule has 0 bridgehead atoms. The van der Waals surface area contributed by atoms with Crippen molar-refractivity contribution in [1.82, 2.24) is 15.5 Å². The first-order valence-corrected chi connectivity index (χ1v) is 4.67. The van der Waals surface area contributed by atoms with E-state index in [0.29, 0.717) is 5.82 Å². The molecular weight excluding hydrogens is 236 g/mol. The van der Waals surface area contributed by atoms with Crippen LogP contribution in [0.4, 0.5) is 5.82 Å². The van der Waals surface area contributed by atoms with Crippen LogP contribution in [0.15, 0.2) is 12.1 Å². The lowest BCUT2D eigenvalue weighted by molar-refractivity contribution is -0.137. The lowest BCUT2D eigenvalue weighted by Gasteiger charge is -2.04. The second-order valence-corrected chi connectivity index (χ2v) is 3.15. The van der Waals surface area contributed by atoms with Crippen LogP contribution in [-0.4, -0.2) is 40.3 Å². The molecule has 7 nitrogen and oxygen atoms in total. The Morgan fingerprint density at radius 1 is 1.31 bits per heavy atom. The summed E-state index contributed by atoms with van der Waals surface area (Å²) in [7, 11) is 0. The van der Waals surface area contributed by atoms with Gasteiger partial charge in [0.05, 0.1) is 6.54 Å². The molecule has 1 heterocycles. The topological polar surface area (TPSA) is 104 Å². The highest BCUT2D eigenvalue weighted by molar-refractivity contribution is 6.29. The Balaban J connectivity index is 2.31. The molecule has 0 fully saturated rings. The van der Waals surface area contributed by atoms with Crippen molar-refractivity contribution in [3.05, 3.63) is 17.3 Å². The predicted molar refractivity (Wildman–Crippen MR) is 56.2 cm³/mol. The second-order valence-electron chi connectivity index (χ2n) is 2.77. The molecule has 1 amide bonds. The lowest BCUT2D eigenvalue weighted by Crippen LogP contribution is -2.33. The van der Waals surface area contributed by atoms with E-state index in [9.17, 15) is 9.59 Å². The molecule has 16 heavy (non-hydrogen) atoms. The maximum Gasteiger partial charge on any atom is 0.322 e. The number of aliphatic carboxylic acids is 1. The highest BCUT2D eigenvalue weighted by Crippen LogP contribution is 2.05. The molecule has 0 saturated carbocycles. The normalized spacial score (nSPS) is 9.56. The third kappa shape index (κ3) is 4.56. The van der Waals surface area contributed by atoms with Crippen molar-refractivity contribution in [2.75, 3.05) is 18.4 Å². The first-order valence-electron chi connectivity index (χ1n) is 4.29. The summed E-state index contributed by atoms with van der Waals surface area (Å²) in [5.41, 5.74) is 0. The van der Waals surface area contributed by atoms with Gasteiger partial charge in [-0.3, -0.25) is 9.59 Å². The van der Waals surface area contributed by atoms with Crippen LogP contribution in [0.1, 0.15) is 0 Å². The average molecular weight is 245 g/mol. The van der Waals surface area contributed by atoms with Crippen LogP contribution in [0.2, 0.25) is 5.15 Å². The summed E-state index contributed by atoms with van der Waals surface area (Å²) in [6.45, 7) is -0.490. The number of carbonyl (C=O) groups excluding carboxylic acids is 1. The molecule has 0 spiro atoms. The molecule has 3 N–H and O–H groups in total. The number of carboxylic acid groups (broad SMARTS) is 1. The number of nitrogens with zero attached hydrogens (tertiary/aromatic N) is 2. The van der Waals surface area contributed by atoms with Gasteiger partial charge in [-0.15, -0.1) is 10.2 Å². The molecule has 1 rings (SSSR count). The van der Waals surface area contributed by atoms with Crippen molar-refractivity contribution in [3.8, 4) is 0 Å². The zero-order valence-electron chi connectivity index (χ0n) is 8.11. The van der Waals surface area contributed by atoms with Crippen molar-refractivity contribution in [1.29, 1.82) is 0 Å². The fourth-order valence-electron chi connectivity index (χ4n) is 0.818. The second kappa shape index (κ2) is 5.86. The number of amides is 1. The summed E-state index contributed by atoms with van der Waals surface area (Å²) in [6, 6.07) is 3.08. The highest BCUT2D eigenvalue weighted by Gasteiger charge is 2.03. The fraction of sp³-hybridized carbons (Fsp3) is 0.250. The van der Waals surface area contributed by atoms with Gasteiger partial charge in [0, 0.05) is 0 Å². The Morgan fingerprint density at radius 3 is 2.62 bits per heavy atom. The smallest absolute Gasteiger partial charge is 0.322 e. The molecule has 0 saturated heterocycles. The SMILES string of the molecule is O=C(O)CNC(=O)CNc1ccc(Cl)nn1. The Morgan fingerprint density at radius 2 is 2.06 bits per heavy atom. The van der Waals surface area contributed by atoms with Gasteiger partial charge in [-0.05, 0) is 12.1 Å². The fourth-order valence-corrected chi connectivity index (χ4v) is 0.919. The maximum absolute atomic E-state index is 11.1. The van der Waals surface area contributed by atoms with E-state index in [4.69, 9.17) is 16.7 Å². The number of anilines is 1. The molecule has 0 unspecified atom stereocenters. The Labute approximate surface area is 95.8 Å². The van der Waals surface area contributed by atoms with Gasteiger partial charge in [0.15, 0.2) is 5.15 Å². The molecule has 1 aromatic rings. The zero-order valence-corrected chi connectivity index (χ0v) is 8.86. The lowest BCUT2D eigenvalue weighted by atomic mass is 10.5. The van der Waals surface area contributed by atoms with E-state index < -0.39 is 18.4 Å². The summed E-state index contributed by atoms with van der Waals surface area (Å²) in [4.78, 5) is 21.2. The largest absolute Gasteiger partial charge is 0.480 e. The average Bonchev–Trinajstić information content (AvgIpc) is 2.25. The number of hydrogen-bond donors (Lipinski definition) is 3. The molecule has 8 heteroatoms. The van der Waals surface area contributed by atoms with E-state index >= 15 is 0 Å². The summed E-state index contributed by atoms with van der Waals surface area (Å²) in [6.07, 6.45) is 0. The van der Waals surface area contributed by atoms with Crippen LogP contribution >= 0.6 is 11.6 Å². The Bertz CT molecular complexity index is 381. The highest BCUT2D eigenvalue weighted by atomic mass is 35.5. The van der Waals surface area contributed by atoms with Crippen molar-refractivity contribution >= 4 is 29.3 Å². The molecule has 0 atom stereocenters. The summed E-state index contributed by atoms with van der Waals surface area (Å²) >= 11 is 5.51. The quantitative estimate of drug-likeness (QED) is 0.659. The number of halogens is 1. The Hall–Kier alpha value is -1.89. The van der Waals surface area contributed by atoms with Gasteiger partial charge in [-0.25, -0.2) is 0 Å². The third-order valence-corrected chi connectivity index (χ3v) is 1.70. The van der Waals surface area contributed by atoms with Crippen LogP contribution in [0, 0.1) is 0 Å². The van der Waals surface area contributed by atoms with E-state index in [2.05, 4.69) is 20.8 Å².